The third-order valence-corrected chi connectivity index (χ3v) is 11.8. The Hall–Kier alpha value is -6.98. The first-order valence-corrected chi connectivity index (χ1v) is 25.2. The van der Waals surface area contributed by atoms with Crippen LogP contribution in [0.25, 0.3) is 22.8 Å². The highest BCUT2D eigenvalue weighted by atomic mass is 19.4. The van der Waals surface area contributed by atoms with Gasteiger partial charge in [0.05, 0.1) is 62.8 Å². The molecule has 4 heterocycles. The Kier molecular flexibility index (Phi) is 20.7. The molecule has 2 fully saturated rings. The highest BCUT2D eigenvalue weighted by Crippen LogP contribution is 2.32. The minimum absolute atomic E-state index is 0.0168. The van der Waals surface area contributed by atoms with Crippen LogP contribution in [0.15, 0.2) is 97.1 Å². The van der Waals surface area contributed by atoms with Crippen LogP contribution < -0.4 is 0 Å². The summed E-state index contributed by atoms with van der Waals surface area (Å²) < 4.78 is 98.5. The standard InChI is InChI=1S/C27H32F3N5O3.C15H11F3N4.C12H23NO4/c1-26(2,3)38-25(36)34-14-6-8-22(18-34)37-16-15-35-32-24(31-33-35)23-9-5-4-7-20(23)17-19-10-12-21(13-11-19)27(28,29)30;16-15(17,18)12-7-5-10(6-8-12)9-11-3-1-2-4-13(11)14-19-21-22-20-14;1-12(2,3)17-11(15)13-6-4-5-10(9-13)16-8-7-14/h4-5,7,9-13,22H,6,8,14-18H2,1-3H3;1-8H,9H2,(H,19,20,21,22);10,14H,4-9H2,1-3H3. The number of nitrogens with one attached hydrogen (secondary N) is 1. The van der Waals surface area contributed by atoms with Gasteiger partial charge in [0.2, 0.25) is 11.6 Å². The number of tetrazole rings is 2. The van der Waals surface area contributed by atoms with Gasteiger partial charge in [-0.2, -0.15) is 36.4 Å². The molecular weight excluding hydrogens is 1010 g/mol. The lowest BCUT2D eigenvalue weighted by molar-refractivity contribution is -0.138. The van der Waals surface area contributed by atoms with E-state index in [1.54, 1.807) is 9.80 Å². The summed E-state index contributed by atoms with van der Waals surface area (Å²) in [6.45, 7) is 14.6. The van der Waals surface area contributed by atoms with Crippen molar-refractivity contribution in [1.82, 2.24) is 50.6 Å². The van der Waals surface area contributed by atoms with Crippen molar-refractivity contribution in [3.05, 3.63) is 130 Å². The van der Waals surface area contributed by atoms with Crippen molar-refractivity contribution >= 4 is 12.2 Å². The second-order valence-corrected chi connectivity index (χ2v) is 20.3. The van der Waals surface area contributed by atoms with Gasteiger partial charge in [-0.1, -0.05) is 72.8 Å². The molecule has 4 aromatic carbocycles. The van der Waals surface area contributed by atoms with Crippen molar-refractivity contribution in [2.24, 2.45) is 0 Å². The number of benzene rings is 4. The van der Waals surface area contributed by atoms with E-state index >= 15 is 0 Å². The normalized spacial score (nSPS) is 16.2. The number of carbonyl (C=O) groups is 2. The van der Waals surface area contributed by atoms with Gasteiger partial charge in [-0.3, -0.25) is 0 Å². The van der Waals surface area contributed by atoms with Gasteiger partial charge in [-0.15, -0.1) is 20.4 Å². The average molecular weight is 1080 g/mol. The highest BCUT2D eigenvalue weighted by molar-refractivity contribution is 5.69. The number of likely N-dealkylation sites (tertiary alicyclic amines) is 2. The van der Waals surface area contributed by atoms with Gasteiger partial charge < -0.3 is 33.9 Å². The van der Waals surface area contributed by atoms with E-state index in [0.29, 0.717) is 70.4 Å². The fourth-order valence-electron chi connectivity index (χ4n) is 8.22. The number of alkyl halides is 6. The number of carbonyl (C=O) groups excluding carboxylic acids is 2. The van der Waals surface area contributed by atoms with E-state index in [2.05, 4.69) is 36.0 Å². The van der Waals surface area contributed by atoms with E-state index in [0.717, 1.165) is 83.3 Å². The second kappa shape index (κ2) is 26.9. The second-order valence-electron chi connectivity index (χ2n) is 20.3. The highest BCUT2D eigenvalue weighted by Gasteiger charge is 2.32. The number of hydrogen-bond acceptors (Lipinski definition) is 13. The van der Waals surface area contributed by atoms with Crippen LogP contribution >= 0.6 is 0 Å². The van der Waals surface area contributed by atoms with Crippen molar-refractivity contribution in [3.8, 4) is 22.8 Å². The average Bonchev–Trinajstić information content (AvgIpc) is 4.10. The molecule has 2 aliphatic heterocycles. The summed E-state index contributed by atoms with van der Waals surface area (Å²) in [6.07, 6.45) is -4.92. The lowest BCUT2D eigenvalue weighted by Gasteiger charge is -2.34. The Morgan fingerprint density at radius 2 is 1.08 bits per heavy atom. The number of aromatic amines is 1. The number of aliphatic hydroxyl groups excluding tert-OH is 1. The fraction of sp³-hybridized carbons (Fsp3) is 0.481. The molecule has 8 rings (SSSR count). The number of aliphatic hydroxyl groups is 1. The smallest absolute Gasteiger partial charge is 0.416 e. The van der Waals surface area contributed by atoms with E-state index in [-0.39, 0.29) is 31.0 Å². The van der Waals surface area contributed by atoms with Gasteiger partial charge in [0, 0.05) is 24.2 Å². The third kappa shape index (κ3) is 19.2. The van der Waals surface area contributed by atoms with Gasteiger partial charge in [-0.05, 0) is 137 Å². The predicted octanol–water partition coefficient (Wildman–Crippen LogP) is 10.2. The molecular formula is C54H66F6N10O7. The van der Waals surface area contributed by atoms with Gasteiger partial charge >= 0.3 is 24.5 Å². The summed E-state index contributed by atoms with van der Waals surface area (Å²) in [7, 11) is 0. The Morgan fingerprint density at radius 1 is 0.623 bits per heavy atom. The molecule has 77 heavy (non-hydrogen) atoms. The zero-order chi connectivity index (χ0) is 55.8. The van der Waals surface area contributed by atoms with Crippen LogP contribution in [-0.4, -0.2) is 137 Å². The molecule has 0 radical (unpaired) electrons. The predicted molar refractivity (Wildman–Crippen MR) is 272 cm³/mol. The van der Waals surface area contributed by atoms with Gasteiger partial charge in [0.15, 0.2) is 0 Å². The minimum atomic E-state index is -4.36. The zero-order valence-corrected chi connectivity index (χ0v) is 44.0. The molecule has 0 bridgehead atoms. The molecule has 416 valence electrons. The number of rotatable bonds is 13. The first kappa shape index (κ1) is 59.3. The fourth-order valence-corrected chi connectivity index (χ4v) is 8.22. The van der Waals surface area contributed by atoms with Crippen molar-refractivity contribution < 1.29 is 60.0 Å². The number of H-pyrrole nitrogens is 1. The number of nitrogens with zero attached hydrogens (tertiary/aromatic N) is 9. The van der Waals surface area contributed by atoms with Crippen LogP contribution in [-0.2, 0) is 50.7 Å². The summed E-state index contributed by atoms with van der Waals surface area (Å²) in [5.74, 6) is 0.892. The molecule has 0 spiro atoms. The SMILES string of the molecule is CC(C)(C)OC(=O)N1CCCC(OCCO)C1.CC(C)(C)OC(=O)N1CCCC(OCCn2nnc(-c3ccccc3Cc3ccc(C(F)(F)F)cc3)n2)C1.FC(F)(F)c1ccc(Cc2ccccc2-c2nn[nH]n2)cc1. The molecule has 2 atom stereocenters. The quantitative estimate of drug-likeness (QED) is 0.104. The Labute approximate surface area is 443 Å². The Morgan fingerprint density at radius 3 is 1.51 bits per heavy atom. The number of hydrogen-bond donors (Lipinski definition) is 2. The molecule has 17 nitrogen and oxygen atoms in total. The third-order valence-electron chi connectivity index (χ3n) is 11.8. The first-order valence-electron chi connectivity index (χ1n) is 25.2. The molecule has 2 aromatic heterocycles. The topological polar surface area (TPSA) is 196 Å². The van der Waals surface area contributed by atoms with Gasteiger partial charge in [-0.25, -0.2) is 9.59 Å². The lowest BCUT2D eigenvalue weighted by Crippen LogP contribution is -2.45. The van der Waals surface area contributed by atoms with Gasteiger partial charge in [0.25, 0.3) is 0 Å². The Bertz CT molecular complexity index is 2760. The molecule has 0 aliphatic carbocycles. The molecule has 2 unspecified atom stereocenters. The maximum absolute atomic E-state index is 12.9. The lowest BCUT2D eigenvalue weighted by atomic mass is 9.98. The van der Waals surface area contributed by atoms with Crippen LogP contribution in [0.4, 0.5) is 35.9 Å². The number of piperidine rings is 2. The summed E-state index contributed by atoms with van der Waals surface area (Å²) >= 11 is 0. The molecule has 2 N–H and O–H groups in total. The summed E-state index contributed by atoms with van der Waals surface area (Å²) in [4.78, 5) is 29.0. The van der Waals surface area contributed by atoms with Gasteiger partial charge in [0.1, 0.15) is 11.2 Å². The zero-order valence-electron chi connectivity index (χ0n) is 44.0. The van der Waals surface area contributed by atoms with Crippen LogP contribution in [0, 0.1) is 0 Å². The van der Waals surface area contributed by atoms with Crippen LogP contribution in [0.1, 0.15) is 101 Å². The molecule has 2 amide bonds. The van der Waals surface area contributed by atoms with E-state index in [1.165, 1.54) is 29.1 Å². The summed E-state index contributed by atoms with van der Waals surface area (Å²) in [5.41, 5.74) is 2.57. The molecule has 6 aromatic rings. The summed E-state index contributed by atoms with van der Waals surface area (Å²) in [5, 5.41) is 35.3. The minimum Gasteiger partial charge on any atom is -0.444 e. The van der Waals surface area contributed by atoms with Crippen molar-refractivity contribution in [2.75, 3.05) is 46.0 Å². The molecule has 0 saturated carbocycles. The molecule has 23 heteroatoms. The van der Waals surface area contributed by atoms with E-state index < -0.39 is 34.7 Å². The molecule has 2 aliphatic rings. The number of aromatic nitrogens is 8. The largest absolute Gasteiger partial charge is 0.444 e. The monoisotopic (exact) mass is 1080 g/mol. The van der Waals surface area contributed by atoms with E-state index in [9.17, 15) is 35.9 Å². The summed E-state index contributed by atoms with van der Waals surface area (Å²) in [6, 6.07) is 25.2. The van der Waals surface area contributed by atoms with Crippen LogP contribution in [0.5, 0.6) is 0 Å². The van der Waals surface area contributed by atoms with E-state index in [4.69, 9.17) is 24.1 Å². The van der Waals surface area contributed by atoms with E-state index in [1.807, 2.05) is 90.1 Å². The maximum atomic E-state index is 12.9. The van der Waals surface area contributed by atoms with Crippen molar-refractivity contribution in [2.45, 2.75) is 122 Å². The molecule has 2 saturated heterocycles. The number of ether oxygens (including phenoxy) is 4. The van der Waals surface area contributed by atoms with Crippen molar-refractivity contribution in [3.63, 3.8) is 0 Å². The van der Waals surface area contributed by atoms with Crippen molar-refractivity contribution in [1.29, 1.82) is 0 Å². The van der Waals surface area contributed by atoms with Crippen LogP contribution in [0.3, 0.4) is 0 Å². The maximum Gasteiger partial charge on any atom is 0.416 e. The Balaban J connectivity index is 0.000000207. The first-order chi connectivity index (χ1) is 36.4. The number of halogens is 6. The van der Waals surface area contributed by atoms with Crippen LogP contribution in [0.2, 0.25) is 0 Å². The number of amides is 2.